The molecule has 2 amide bonds. The number of amides is 2. The zero-order chi connectivity index (χ0) is 18.0. The number of quaternary nitrogens is 1. The third-order valence-electron chi connectivity index (χ3n) is 3.61. The minimum Gasteiger partial charge on any atom is -0.468 e. The van der Waals surface area contributed by atoms with E-state index in [2.05, 4.69) is 15.4 Å². The second-order valence-corrected chi connectivity index (χ2v) is 5.91. The number of ether oxygens (including phenoxy) is 1. The van der Waals surface area contributed by atoms with Crippen LogP contribution in [0, 0.1) is 5.92 Å². The Morgan fingerprint density at radius 3 is 2.30 bits per heavy atom. The fourth-order valence-corrected chi connectivity index (χ4v) is 2.17. The predicted molar refractivity (Wildman–Crippen MR) is 86.3 cm³/mol. The van der Waals surface area contributed by atoms with Crippen molar-refractivity contribution < 1.29 is 24.4 Å². The van der Waals surface area contributed by atoms with Crippen LogP contribution in [-0.4, -0.2) is 56.6 Å². The first-order chi connectivity index (χ1) is 10.7. The second-order valence-electron chi connectivity index (χ2n) is 5.91. The van der Waals surface area contributed by atoms with Crippen LogP contribution in [-0.2, 0) is 19.1 Å². The molecular formula is C15H31N4O4+. The Bertz CT molecular complexity index is 401. The van der Waals surface area contributed by atoms with Gasteiger partial charge in [-0.3, -0.25) is 14.9 Å². The lowest BCUT2D eigenvalue weighted by molar-refractivity contribution is -0.570. The van der Waals surface area contributed by atoms with Crippen LogP contribution in [0.4, 0.5) is 0 Å². The molecule has 0 heterocycles. The molecule has 0 aromatic carbocycles. The topological polar surface area (TPSA) is 127 Å². The van der Waals surface area contributed by atoms with Gasteiger partial charge in [-0.1, -0.05) is 13.8 Å². The van der Waals surface area contributed by atoms with E-state index in [4.69, 9.17) is 5.73 Å². The summed E-state index contributed by atoms with van der Waals surface area (Å²) >= 11 is 0. The molecule has 0 aromatic heterocycles. The SMILES string of the molecule is CNC(C(=O)NC(C)C(=O)[NH2+]CCCC(N)C(=O)OC)C(C)C. The maximum Gasteiger partial charge on any atom is 0.332 e. The highest BCUT2D eigenvalue weighted by Crippen LogP contribution is 2.01. The number of likely N-dealkylation sites (N-methyl/N-ethyl adjacent to an activating group) is 1. The van der Waals surface area contributed by atoms with E-state index in [1.807, 2.05) is 13.8 Å². The smallest absolute Gasteiger partial charge is 0.332 e. The quantitative estimate of drug-likeness (QED) is 0.274. The number of hydrogen-bond acceptors (Lipinski definition) is 6. The van der Waals surface area contributed by atoms with Crippen molar-refractivity contribution in [1.82, 2.24) is 10.6 Å². The number of rotatable bonds is 10. The monoisotopic (exact) mass is 331 g/mol. The number of methoxy groups -OCH3 is 1. The molecule has 0 rings (SSSR count). The van der Waals surface area contributed by atoms with Crippen LogP contribution in [0.3, 0.4) is 0 Å². The number of nitrogens with one attached hydrogen (secondary N) is 2. The van der Waals surface area contributed by atoms with Crippen LogP contribution >= 0.6 is 0 Å². The first-order valence-corrected chi connectivity index (χ1v) is 7.92. The summed E-state index contributed by atoms with van der Waals surface area (Å²) in [6, 6.07) is -1.57. The van der Waals surface area contributed by atoms with Crippen LogP contribution < -0.4 is 21.7 Å². The fourth-order valence-electron chi connectivity index (χ4n) is 2.17. The minimum absolute atomic E-state index is 0.131. The van der Waals surface area contributed by atoms with Crippen LogP contribution in [0.1, 0.15) is 33.6 Å². The van der Waals surface area contributed by atoms with E-state index >= 15 is 0 Å². The Balaban J connectivity index is 4.12. The summed E-state index contributed by atoms with van der Waals surface area (Å²) in [6.07, 6.45) is 1.06. The zero-order valence-corrected chi connectivity index (χ0v) is 14.7. The van der Waals surface area contributed by atoms with E-state index in [1.165, 1.54) is 12.4 Å². The molecule has 0 spiro atoms. The molecule has 0 aromatic rings. The van der Waals surface area contributed by atoms with Crippen molar-refractivity contribution in [2.24, 2.45) is 11.7 Å². The van der Waals surface area contributed by atoms with Gasteiger partial charge in [-0.2, -0.15) is 0 Å². The summed E-state index contributed by atoms with van der Waals surface area (Å²) < 4.78 is 4.53. The van der Waals surface area contributed by atoms with E-state index in [-0.39, 0.29) is 23.8 Å². The molecule has 0 radical (unpaired) electrons. The van der Waals surface area contributed by atoms with Gasteiger partial charge in [0.15, 0.2) is 0 Å². The van der Waals surface area contributed by atoms with Gasteiger partial charge in [0, 0.05) is 0 Å². The molecule has 3 atom stereocenters. The van der Waals surface area contributed by atoms with Crippen LogP contribution in [0.5, 0.6) is 0 Å². The number of hydrogen-bond donors (Lipinski definition) is 4. The molecule has 6 N–H and O–H groups in total. The van der Waals surface area contributed by atoms with Gasteiger partial charge in [-0.05, 0) is 32.7 Å². The average molecular weight is 331 g/mol. The molecule has 0 aliphatic carbocycles. The fraction of sp³-hybridized carbons (Fsp3) is 0.800. The molecule has 134 valence electrons. The molecule has 0 aliphatic rings. The van der Waals surface area contributed by atoms with E-state index in [0.29, 0.717) is 19.4 Å². The normalized spacial score (nSPS) is 14.9. The lowest BCUT2D eigenvalue weighted by atomic mass is 10.0. The largest absolute Gasteiger partial charge is 0.468 e. The zero-order valence-electron chi connectivity index (χ0n) is 14.7. The molecule has 0 aliphatic heterocycles. The highest BCUT2D eigenvalue weighted by atomic mass is 16.5. The van der Waals surface area contributed by atoms with Gasteiger partial charge in [-0.25, -0.2) is 4.79 Å². The van der Waals surface area contributed by atoms with Crippen LogP contribution in [0.15, 0.2) is 0 Å². The van der Waals surface area contributed by atoms with Crippen LogP contribution in [0.2, 0.25) is 0 Å². The van der Waals surface area contributed by atoms with Crippen molar-refractivity contribution in [3.05, 3.63) is 0 Å². The number of carbonyl (C=O) groups excluding carboxylic acids is 3. The Hall–Kier alpha value is -1.51. The summed E-state index contributed by atoms with van der Waals surface area (Å²) in [4.78, 5) is 35.2. The molecular weight excluding hydrogens is 300 g/mol. The molecule has 0 fully saturated rings. The van der Waals surface area contributed by atoms with Gasteiger partial charge >= 0.3 is 11.9 Å². The number of esters is 1. The number of carbonyl (C=O) groups is 3. The minimum atomic E-state index is -0.664. The molecule has 23 heavy (non-hydrogen) atoms. The Kier molecular flexibility index (Phi) is 10.4. The van der Waals surface area contributed by atoms with Gasteiger partial charge < -0.3 is 21.1 Å². The third-order valence-corrected chi connectivity index (χ3v) is 3.61. The predicted octanol–water partition coefficient (Wildman–Crippen LogP) is -1.89. The lowest BCUT2D eigenvalue weighted by Gasteiger charge is -2.21. The Morgan fingerprint density at radius 1 is 1.22 bits per heavy atom. The van der Waals surface area contributed by atoms with Gasteiger partial charge in [0.25, 0.3) is 0 Å². The number of nitrogens with two attached hydrogens (primary N) is 2. The number of primary amides is 1. The van der Waals surface area contributed by atoms with Gasteiger partial charge in [-0.15, -0.1) is 0 Å². The lowest BCUT2D eigenvalue weighted by Crippen LogP contribution is -2.91. The van der Waals surface area contributed by atoms with Crippen molar-refractivity contribution in [3.8, 4) is 0 Å². The van der Waals surface area contributed by atoms with Gasteiger partial charge in [0.2, 0.25) is 5.91 Å². The van der Waals surface area contributed by atoms with E-state index in [0.717, 1.165) is 0 Å². The van der Waals surface area contributed by atoms with Crippen molar-refractivity contribution in [3.63, 3.8) is 0 Å². The highest BCUT2D eigenvalue weighted by Gasteiger charge is 2.25. The maximum absolute atomic E-state index is 12.1. The molecule has 0 saturated carbocycles. The Labute approximate surface area is 137 Å². The second kappa shape index (κ2) is 11.1. The first-order valence-electron chi connectivity index (χ1n) is 7.92. The van der Waals surface area contributed by atoms with E-state index < -0.39 is 18.1 Å². The maximum atomic E-state index is 12.1. The molecule has 0 saturated heterocycles. The molecule has 8 heteroatoms. The highest BCUT2D eigenvalue weighted by molar-refractivity contribution is 5.86. The van der Waals surface area contributed by atoms with Gasteiger partial charge in [0.05, 0.1) is 19.7 Å². The molecule has 8 nitrogen and oxygen atoms in total. The van der Waals surface area contributed by atoms with Crippen molar-refractivity contribution in [2.45, 2.75) is 51.7 Å². The summed E-state index contributed by atoms with van der Waals surface area (Å²) in [5, 5.41) is 7.17. The van der Waals surface area contributed by atoms with Gasteiger partial charge in [0.1, 0.15) is 12.1 Å². The van der Waals surface area contributed by atoms with E-state index in [1.54, 1.807) is 14.0 Å². The summed E-state index contributed by atoms with van der Waals surface area (Å²) in [6.45, 7) is 6.03. The van der Waals surface area contributed by atoms with Crippen molar-refractivity contribution in [2.75, 3.05) is 20.7 Å². The average Bonchev–Trinajstić information content (AvgIpc) is 2.50. The summed E-state index contributed by atoms with van der Waals surface area (Å²) in [5.74, 6) is -0.664. The standard InChI is InChI=1S/C15H30N4O4/c1-9(2)12(17-4)14(21)19-10(3)13(20)18-8-6-7-11(16)15(22)23-5/h9-12,17H,6-8,16H2,1-5H3,(H,18,20)(H,19,21)/p+1. The first kappa shape index (κ1) is 21.5. The van der Waals surface area contributed by atoms with E-state index in [9.17, 15) is 14.4 Å². The summed E-state index contributed by atoms with van der Waals surface area (Å²) in [7, 11) is 3.01. The van der Waals surface area contributed by atoms with Crippen LogP contribution in [0.25, 0.3) is 0 Å². The van der Waals surface area contributed by atoms with Crippen molar-refractivity contribution >= 4 is 17.8 Å². The van der Waals surface area contributed by atoms with Crippen molar-refractivity contribution in [1.29, 1.82) is 0 Å². The molecule has 0 bridgehead atoms. The third kappa shape index (κ3) is 8.06. The summed E-state index contributed by atoms with van der Waals surface area (Å²) in [5.41, 5.74) is 5.61. The Morgan fingerprint density at radius 2 is 1.83 bits per heavy atom. The molecule has 3 unspecified atom stereocenters.